The maximum Gasteiger partial charge on any atom is 0.250 e. The van der Waals surface area contributed by atoms with Gasteiger partial charge in [-0.3, -0.25) is 9.78 Å². The number of azo groups is 1. The first kappa shape index (κ1) is 20.5. The van der Waals surface area contributed by atoms with E-state index in [9.17, 15) is 9.18 Å². The van der Waals surface area contributed by atoms with E-state index in [1.807, 2.05) is 45.0 Å². The molecule has 2 atom stereocenters. The highest BCUT2D eigenvalue weighted by molar-refractivity contribution is 6.00. The first-order valence-electron chi connectivity index (χ1n) is 10.9. The van der Waals surface area contributed by atoms with Crippen LogP contribution in [-0.2, 0) is 10.2 Å². The number of hydrogen-bond donors (Lipinski definition) is 2. The normalized spacial score (nSPS) is 25.9. The maximum absolute atomic E-state index is 14.5. The van der Waals surface area contributed by atoms with E-state index < -0.39 is 5.41 Å². The van der Waals surface area contributed by atoms with Gasteiger partial charge in [-0.15, -0.1) is 0 Å². The number of carbonyl (C=O) groups is 1. The second-order valence-electron chi connectivity index (χ2n) is 9.32. The molecule has 5 rings (SSSR count). The van der Waals surface area contributed by atoms with Crippen molar-refractivity contribution in [3.8, 4) is 11.1 Å². The number of carbonyl (C=O) groups excluding carboxylic acids is 1. The lowest BCUT2D eigenvalue weighted by Crippen LogP contribution is -2.58. The van der Waals surface area contributed by atoms with Crippen LogP contribution < -0.4 is 10.6 Å². The Morgan fingerprint density at radius 2 is 2.06 bits per heavy atom. The second kappa shape index (κ2) is 7.08. The Hall–Kier alpha value is -3.35. The molecular formula is C25H26FN5O. The fourth-order valence-electron chi connectivity index (χ4n) is 5.49. The summed E-state index contributed by atoms with van der Waals surface area (Å²) in [5.41, 5.74) is 4.50. The molecule has 0 bridgehead atoms. The number of nitrogens with one attached hydrogen (secondary N) is 2. The molecule has 2 N–H and O–H groups in total. The molecule has 0 saturated carbocycles. The third-order valence-electron chi connectivity index (χ3n) is 6.75. The van der Waals surface area contributed by atoms with E-state index in [0.29, 0.717) is 24.0 Å². The summed E-state index contributed by atoms with van der Waals surface area (Å²) >= 11 is 0. The van der Waals surface area contributed by atoms with Gasteiger partial charge in [0.2, 0.25) is 0 Å². The van der Waals surface area contributed by atoms with Crippen molar-refractivity contribution in [3.05, 3.63) is 76.6 Å². The highest BCUT2D eigenvalue weighted by Crippen LogP contribution is 2.53. The van der Waals surface area contributed by atoms with Crippen molar-refractivity contribution in [2.75, 3.05) is 0 Å². The molecule has 0 saturated heterocycles. The van der Waals surface area contributed by atoms with Gasteiger partial charge in [0, 0.05) is 35.0 Å². The van der Waals surface area contributed by atoms with Crippen molar-refractivity contribution < 1.29 is 9.18 Å². The lowest BCUT2D eigenvalue weighted by atomic mass is 9.61. The van der Waals surface area contributed by atoms with E-state index in [4.69, 9.17) is 0 Å². The van der Waals surface area contributed by atoms with Gasteiger partial charge in [-0.25, -0.2) is 4.39 Å². The summed E-state index contributed by atoms with van der Waals surface area (Å²) in [7, 11) is 0. The summed E-state index contributed by atoms with van der Waals surface area (Å²) in [5, 5.41) is 15.5. The van der Waals surface area contributed by atoms with Crippen LogP contribution in [0.5, 0.6) is 0 Å². The number of rotatable bonds is 3. The van der Waals surface area contributed by atoms with Crippen molar-refractivity contribution >= 4 is 5.91 Å². The van der Waals surface area contributed by atoms with Crippen LogP contribution in [0.1, 0.15) is 46.1 Å². The summed E-state index contributed by atoms with van der Waals surface area (Å²) in [6.07, 6.45) is 3.82. The van der Waals surface area contributed by atoms with Crippen LogP contribution in [0.15, 0.2) is 75.5 Å². The minimum atomic E-state index is -0.709. The Balaban J connectivity index is 1.78. The van der Waals surface area contributed by atoms with Crippen LogP contribution >= 0.6 is 0 Å². The number of amides is 1. The van der Waals surface area contributed by atoms with Crippen molar-refractivity contribution in [2.24, 2.45) is 10.2 Å². The average molecular weight is 432 g/mol. The SMILES string of the molecule is CC[C@@]1(c2cccc(-c3ccncc3F)c2)C2=C(CC(C)(C)NC2=O)NC2N=NC(C)=C21. The van der Waals surface area contributed by atoms with Crippen molar-refractivity contribution in [3.63, 3.8) is 0 Å². The summed E-state index contributed by atoms with van der Waals surface area (Å²) in [6, 6.07) is 9.48. The highest BCUT2D eigenvalue weighted by atomic mass is 19.1. The Kier molecular flexibility index (Phi) is 4.55. The van der Waals surface area contributed by atoms with Gasteiger partial charge in [-0.1, -0.05) is 25.1 Å². The summed E-state index contributed by atoms with van der Waals surface area (Å²) in [4.78, 5) is 17.4. The molecule has 1 aromatic carbocycles. The highest BCUT2D eigenvalue weighted by Gasteiger charge is 2.54. The Morgan fingerprint density at radius 1 is 1.25 bits per heavy atom. The van der Waals surface area contributed by atoms with Gasteiger partial charge in [0.05, 0.1) is 22.9 Å². The van der Waals surface area contributed by atoms with Gasteiger partial charge in [0.25, 0.3) is 5.91 Å². The lowest BCUT2D eigenvalue weighted by molar-refractivity contribution is -0.120. The van der Waals surface area contributed by atoms with Gasteiger partial charge in [0.1, 0.15) is 5.82 Å². The van der Waals surface area contributed by atoms with Crippen LogP contribution in [0.2, 0.25) is 0 Å². The topological polar surface area (TPSA) is 78.7 Å². The monoisotopic (exact) mass is 431 g/mol. The quantitative estimate of drug-likeness (QED) is 0.736. The molecule has 6 nitrogen and oxygen atoms in total. The zero-order valence-corrected chi connectivity index (χ0v) is 18.7. The molecule has 0 aliphatic carbocycles. The van der Waals surface area contributed by atoms with Gasteiger partial charge in [0.15, 0.2) is 6.17 Å². The molecule has 2 aromatic rings. The van der Waals surface area contributed by atoms with Crippen LogP contribution in [0, 0.1) is 5.82 Å². The Bertz CT molecular complexity index is 1230. The number of nitrogens with zero attached hydrogens (tertiary/aromatic N) is 3. The minimum absolute atomic E-state index is 0.0863. The predicted octanol–water partition coefficient (Wildman–Crippen LogP) is 4.76. The molecule has 0 spiro atoms. The molecule has 1 aromatic heterocycles. The van der Waals surface area contributed by atoms with Crippen molar-refractivity contribution in [2.45, 2.75) is 57.7 Å². The number of pyridine rings is 1. The Morgan fingerprint density at radius 3 is 2.81 bits per heavy atom. The van der Waals surface area contributed by atoms with Gasteiger partial charge < -0.3 is 10.6 Å². The second-order valence-corrected chi connectivity index (χ2v) is 9.32. The smallest absolute Gasteiger partial charge is 0.250 e. The predicted molar refractivity (Wildman–Crippen MR) is 120 cm³/mol. The molecule has 0 radical (unpaired) electrons. The van der Waals surface area contributed by atoms with E-state index in [1.54, 1.807) is 12.3 Å². The molecule has 7 heteroatoms. The van der Waals surface area contributed by atoms with Crippen LogP contribution in [0.25, 0.3) is 11.1 Å². The molecule has 1 amide bonds. The van der Waals surface area contributed by atoms with E-state index in [2.05, 4.69) is 32.8 Å². The summed E-state index contributed by atoms with van der Waals surface area (Å²) in [5.74, 6) is -0.464. The molecule has 1 unspecified atom stereocenters. The zero-order chi connectivity index (χ0) is 22.7. The molecule has 32 heavy (non-hydrogen) atoms. The fraction of sp³-hybridized carbons (Fsp3) is 0.360. The third-order valence-corrected chi connectivity index (χ3v) is 6.75. The summed E-state index contributed by atoms with van der Waals surface area (Å²) in [6.45, 7) is 8.05. The molecular weight excluding hydrogens is 405 g/mol. The molecule has 3 aliphatic heterocycles. The van der Waals surface area contributed by atoms with Crippen LogP contribution in [-0.4, -0.2) is 22.6 Å². The number of benzene rings is 1. The number of halogens is 1. The van der Waals surface area contributed by atoms with E-state index in [1.165, 1.54) is 6.20 Å². The zero-order valence-electron chi connectivity index (χ0n) is 18.7. The largest absolute Gasteiger partial charge is 0.362 e. The number of fused-ring (bicyclic) bond motifs is 1. The molecule has 0 fully saturated rings. The third kappa shape index (κ3) is 2.91. The fourth-order valence-corrected chi connectivity index (χ4v) is 5.49. The number of aromatic nitrogens is 1. The number of hydrogen-bond acceptors (Lipinski definition) is 5. The van der Waals surface area contributed by atoms with Crippen molar-refractivity contribution in [1.29, 1.82) is 0 Å². The van der Waals surface area contributed by atoms with E-state index in [0.717, 1.165) is 28.1 Å². The maximum atomic E-state index is 14.5. The molecule has 4 heterocycles. The number of allylic oxidation sites excluding steroid dienone is 1. The standard InChI is InChI=1S/C25H26FN5O/c1-5-25(16-8-6-7-15(11-16)17-9-10-27-13-18(17)26)20-14(2)30-31-22(20)28-19-12-24(3,4)29-23(32)21(19)25/h6-11,13,22,28H,5,12H2,1-4H3,(H,29,32)/t22?,25-/m0/s1. The lowest BCUT2D eigenvalue weighted by Gasteiger charge is -2.48. The first-order chi connectivity index (χ1) is 15.3. The first-order valence-corrected chi connectivity index (χ1v) is 10.9. The molecule has 3 aliphatic rings. The van der Waals surface area contributed by atoms with Gasteiger partial charge >= 0.3 is 0 Å². The summed E-state index contributed by atoms with van der Waals surface area (Å²) < 4.78 is 14.5. The minimum Gasteiger partial charge on any atom is -0.362 e. The average Bonchev–Trinajstić information content (AvgIpc) is 3.12. The van der Waals surface area contributed by atoms with Crippen LogP contribution in [0.4, 0.5) is 4.39 Å². The van der Waals surface area contributed by atoms with Crippen LogP contribution in [0.3, 0.4) is 0 Å². The van der Waals surface area contributed by atoms with Gasteiger partial charge in [-0.05, 0) is 50.5 Å². The van der Waals surface area contributed by atoms with Crippen molar-refractivity contribution in [1.82, 2.24) is 15.6 Å². The van der Waals surface area contributed by atoms with Gasteiger partial charge in [-0.2, -0.15) is 10.2 Å². The molecule has 164 valence electrons. The Labute approximate surface area is 186 Å². The van der Waals surface area contributed by atoms with E-state index >= 15 is 0 Å². The van der Waals surface area contributed by atoms with E-state index in [-0.39, 0.29) is 23.4 Å².